The zero-order chi connectivity index (χ0) is 21.2. The minimum atomic E-state index is -0.224. The second kappa shape index (κ2) is 8.47. The van der Waals surface area contributed by atoms with Crippen LogP contribution in [-0.4, -0.2) is 28.2 Å². The number of rotatable bonds is 7. The van der Waals surface area contributed by atoms with Crippen molar-refractivity contribution in [3.05, 3.63) is 89.6 Å². The number of carbonyl (C=O) groups is 1. The van der Waals surface area contributed by atoms with Crippen LogP contribution in [0.1, 0.15) is 53.8 Å². The van der Waals surface area contributed by atoms with Gasteiger partial charge in [-0.15, -0.1) is 0 Å². The van der Waals surface area contributed by atoms with Crippen LogP contribution < -0.4 is 5.32 Å². The topological polar surface area (TPSA) is 70.7 Å². The van der Waals surface area contributed by atoms with Gasteiger partial charge in [-0.2, -0.15) is 5.10 Å². The Hall–Kier alpha value is -3.25. The summed E-state index contributed by atoms with van der Waals surface area (Å²) in [6.45, 7) is 2.28. The molecule has 1 aliphatic carbocycles. The number of aryl methyl sites for hydroxylation is 1. The van der Waals surface area contributed by atoms with E-state index in [1.807, 2.05) is 24.4 Å². The quantitative estimate of drug-likeness (QED) is 0.622. The fourth-order valence-electron chi connectivity index (χ4n) is 4.19. The van der Waals surface area contributed by atoms with Crippen molar-refractivity contribution in [2.75, 3.05) is 6.54 Å². The normalized spacial score (nSPS) is 19.3. The number of hydrogen-bond donors (Lipinski definition) is 1. The van der Waals surface area contributed by atoms with E-state index in [1.165, 1.54) is 18.4 Å². The largest absolute Gasteiger partial charge is 0.467 e. The van der Waals surface area contributed by atoms with E-state index in [2.05, 4.69) is 47.6 Å². The monoisotopic (exact) mass is 414 g/mol. The number of hydrogen-bond acceptors (Lipinski definition) is 5. The number of aromatic nitrogens is 1. The van der Waals surface area contributed by atoms with Gasteiger partial charge in [-0.3, -0.25) is 9.78 Å². The zero-order valence-electron chi connectivity index (χ0n) is 17.6. The molecule has 0 saturated heterocycles. The van der Waals surface area contributed by atoms with Crippen LogP contribution in [0.3, 0.4) is 0 Å². The Morgan fingerprint density at radius 1 is 1.19 bits per heavy atom. The number of benzene rings is 1. The van der Waals surface area contributed by atoms with Crippen LogP contribution in [0.2, 0.25) is 0 Å². The van der Waals surface area contributed by atoms with E-state index in [0.717, 1.165) is 22.6 Å². The summed E-state index contributed by atoms with van der Waals surface area (Å²) < 4.78 is 5.65. The summed E-state index contributed by atoms with van der Waals surface area (Å²) in [6, 6.07) is 16.0. The fraction of sp³-hybridized carbons (Fsp3) is 0.320. The lowest BCUT2D eigenvalue weighted by molar-refractivity contribution is -0.132. The summed E-state index contributed by atoms with van der Waals surface area (Å²) >= 11 is 0. The highest BCUT2D eigenvalue weighted by atomic mass is 16.3. The van der Waals surface area contributed by atoms with Crippen LogP contribution in [0.15, 0.2) is 76.7 Å². The van der Waals surface area contributed by atoms with Crippen molar-refractivity contribution in [3.8, 4) is 0 Å². The van der Waals surface area contributed by atoms with Crippen molar-refractivity contribution in [2.45, 2.75) is 38.3 Å². The Balaban J connectivity index is 1.35. The molecular formula is C25H26N4O2. The van der Waals surface area contributed by atoms with Gasteiger partial charge in [0.05, 0.1) is 18.5 Å². The first kappa shape index (κ1) is 19.7. The van der Waals surface area contributed by atoms with E-state index >= 15 is 0 Å². The molecule has 3 aromatic rings. The lowest BCUT2D eigenvalue weighted by atomic mass is 10.0. The first-order chi connectivity index (χ1) is 15.2. The van der Waals surface area contributed by atoms with E-state index in [4.69, 9.17) is 9.52 Å². The van der Waals surface area contributed by atoms with Gasteiger partial charge in [0.2, 0.25) is 0 Å². The molecule has 1 aromatic carbocycles. The Bertz CT molecular complexity index is 1060. The zero-order valence-corrected chi connectivity index (χ0v) is 17.6. The molecule has 158 valence electrons. The Kier molecular flexibility index (Phi) is 5.38. The lowest BCUT2D eigenvalue weighted by Gasteiger charge is -2.23. The van der Waals surface area contributed by atoms with Gasteiger partial charge < -0.3 is 9.73 Å². The molecule has 2 aliphatic rings. The van der Waals surface area contributed by atoms with Gasteiger partial charge in [0.15, 0.2) is 0 Å². The molecule has 1 aliphatic heterocycles. The van der Waals surface area contributed by atoms with Crippen molar-refractivity contribution < 1.29 is 9.21 Å². The molecule has 1 N–H and O–H groups in total. The summed E-state index contributed by atoms with van der Waals surface area (Å²) in [7, 11) is 0. The number of nitrogens with one attached hydrogen (secondary N) is 1. The standard InChI is InChI=1S/C25H26N4O2/c1-17-6-8-18(9-7-17)21-14-22(23-5-3-13-31-23)29(28-21)24(30)16-27-25(19-10-11-19)20-4-2-12-26-15-20/h2-9,12-13,15,19,22,25,27H,10-11,14,16H2,1H3. The smallest absolute Gasteiger partial charge is 0.257 e. The molecule has 6 nitrogen and oxygen atoms in total. The SMILES string of the molecule is Cc1ccc(C2=NN(C(=O)CNC(c3cccnc3)C3CC3)C(c3ccco3)C2)cc1. The van der Waals surface area contributed by atoms with E-state index < -0.39 is 0 Å². The third-order valence-electron chi connectivity index (χ3n) is 6.03. The van der Waals surface area contributed by atoms with Gasteiger partial charge in [0, 0.05) is 24.9 Å². The van der Waals surface area contributed by atoms with Crippen molar-refractivity contribution in [2.24, 2.45) is 11.0 Å². The molecule has 2 unspecified atom stereocenters. The van der Waals surface area contributed by atoms with E-state index in [-0.39, 0.29) is 24.5 Å². The minimum Gasteiger partial charge on any atom is -0.467 e. The summed E-state index contributed by atoms with van der Waals surface area (Å²) in [6.07, 6.45) is 8.29. The number of nitrogens with zero attached hydrogens (tertiary/aromatic N) is 3. The van der Waals surface area contributed by atoms with Gasteiger partial charge in [-0.25, -0.2) is 5.01 Å². The first-order valence-corrected chi connectivity index (χ1v) is 10.8. The molecule has 1 amide bonds. The van der Waals surface area contributed by atoms with Gasteiger partial charge in [0.1, 0.15) is 11.8 Å². The molecule has 5 rings (SSSR count). The van der Waals surface area contributed by atoms with Crippen LogP contribution in [0.5, 0.6) is 0 Å². The molecule has 1 fully saturated rings. The third-order valence-corrected chi connectivity index (χ3v) is 6.03. The molecule has 0 radical (unpaired) electrons. The average molecular weight is 415 g/mol. The molecule has 0 spiro atoms. The van der Waals surface area contributed by atoms with Crippen molar-refractivity contribution >= 4 is 11.6 Å². The summed E-state index contributed by atoms with van der Waals surface area (Å²) in [5.41, 5.74) is 4.27. The van der Waals surface area contributed by atoms with E-state index in [1.54, 1.807) is 17.5 Å². The van der Waals surface area contributed by atoms with Crippen LogP contribution in [0.4, 0.5) is 0 Å². The highest BCUT2D eigenvalue weighted by Gasteiger charge is 2.36. The molecule has 31 heavy (non-hydrogen) atoms. The summed E-state index contributed by atoms with van der Waals surface area (Å²) in [5.74, 6) is 1.26. The molecule has 2 atom stereocenters. The number of pyridine rings is 1. The molecular weight excluding hydrogens is 388 g/mol. The van der Waals surface area contributed by atoms with Crippen molar-refractivity contribution in [1.82, 2.24) is 15.3 Å². The van der Waals surface area contributed by atoms with Gasteiger partial charge in [-0.1, -0.05) is 35.9 Å². The Morgan fingerprint density at radius 3 is 2.71 bits per heavy atom. The molecule has 2 aromatic heterocycles. The molecule has 1 saturated carbocycles. The second-order valence-corrected chi connectivity index (χ2v) is 8.37. The van der Waals surface area contributed by atoms with Crippen molar-refractivity contribution in [1.29, 1.82) is 0 Å². The van der Waals surface area contributed by atoms with E-state index in [0.29, 0.717) is 12.3 Å². The maximum absolute atomic E-state index is 13.3. The molecule has 3 heterocycles. The van der Waals surface area contributed by atoms with Crippen LogP contribution in [-0.2, 0) is 4.79 Å². The van der Waals surface area contributed by atoms with Gasteiger partial charge >= 0.3 is 0 Å². The Morgan fingerprint density at radius 2 is 2.03 bits per heavy atom. The summed E-state index contributed by atoms with van der Waals surface area (Å²) in [5, 5.41) is 9.79. The highest BCUT2D eigenvalue weighted by molar-refractivity contribution is 6.03. The predicted molar refractivity (Wildman–Crippen MR) is 118 cm³/mol. The average Bonchev–Trinajstić information content (AvgIpc) is 3.30. The van der Waals surface area contributed by atoms with Gasteiger partial charge in [0.25, 0.3) is 5.91 Å². The van der Waals surface area contributed by atoms with Crippen LogP contribution >= 0.6 is 0 Å². The van der Waals surface area contributed by atoms with E-state index in [9.17, 15) is 4.79 Å². The Labute approximate surface area is 182 Å². The predicted octanol–water partition coefficient (Wildman–Crippen LogP) is 4.40. The molecule has 6 heteroatoms. The van der Waals surface area contributed by atoms with Crippen LogP contribution in [0.25, 0.3) is 0 Å². The fourth-order valence-corrected chi connectivity index (χ4v) is 4.19. The van der Waals surface area contributed by atoms with Gasteiger partial charge in [-0.05, 0) is 55.0 Å². The third kappa shape index (κ3) is 4.30. The van der Waals surface area contributed by atoms with Crippen molar-refractivity contribution in [3.63, 3.8) is 0 Å². The maximum Gasteiger partial charge on any atom is 0.257 e. The number of amides is 1. The second-order valence-electron chi connectivity index (χ2n) is 8.37. The summed E-state index contributed by atoms with van der Waals surface area (Å²) in [4.78, 5) is 17.5. The molecule has 0 bridgehead atoms. The number of hydrazone groups is 1. The highest BCUT2D eigenvalue weighted by Crippen LogP contribution is 2.41. The van der Waals surface area contributed by atoms with Crippen LogP contribution in [0, 0.1) is 12.8 Å². The lowest BCUT2D eigenvalue weighted by Crippen LogP contribution is -2.37. The number of carbonyl (C=O) groups excluding carboxylic acids is 1. The number of furan rings is 1. The first-order valence-electron chi connectivity index (χ1n) is 10.8. The minimum absolute atomic E-state index is 0.0574. The maximum atomic E-state index is 13.3.